The van der Waals surface area contributed by atoms with E-state index in [1.807, 2.05) is 85.8 Å². The number of rotatable bonds is 7. The summed E-state index contributed by atoms with van der Waals surface area (Å²) in [6.45, 7) is 2.98. The van der Waals surface area contributed by atoms with Crippen molar-refractivity contribution in [1.29, 1.82) is 0 Å². The molecule has 0 saturated carbocycles. The molecule has 0 N–H and O–H groups in total. The van der Waals surface area contributed by atoms with Crippen LogP contribution < -0.4 is 14.4 Å². The Balaban J connectivity index is 1.42. The van der Waals surface area contributed by atoms with Gasteiger partial charge in [-0.3, -0.25) is 9.69 Å². The van der Waals surface area contributed by atoms with E-state index in [0.717, 1.165) is 28.3 Å². The zero-order valence-corrected chi connectivity index (χ0v) is 19.7. The molecule has 0 atom stereocenters. The molecule has 1 aliphatic rings. The highest BCUT2D eigenvalue weighted by Gasteiger charge is 2.33. The highest BCUT2D eigenvalue weighted by molar-refractivity contribution is 8.27. The molecule has 32 heavy (non-hydrogen) atoms. The molecule has 0 spiro atoms. The zero-order chi connectivity index (χ0) is 22.5. The van der Waals surface area contributed by atoms with Crippen LogP contribution in [0, 0.1) is 0 Å². The number of thioether (sulfide) groups is 1. The van der Waals surface area contributed by atoms with Crippen molar-refractivity contribution < 1.29 is 14.3 Å². The molecule has 162 valence electrons. The average Bonchev–Trinajstić information content (AvgIpc) is 3.08. The van der Waals surface area contributed by atoms with Crippen LogP contribution in [0.4, 0.5) is 5.69 Å². The molecule has 1 saturated heterocycles. The molecule has 0 radical (unpaired) electrons. The standard InChI is InChI=1S/C25H20ClNO3S2/c1-2-29-21-13-9-20(10-14-21)27-24(28)23(32-25(27)31)15-17-5-11-22(12-6-17)30-16-18-3-7-19(26)8-4-18/h3-15H,2,16H2,1H3/b23-15+. The second-order valence-electron chi connectivity index (χ2n) is 6.93. The third-order valence-corrected chi connectivity index (χ3v) is 6.25. The van der Waals surface area contributed by atoms with Crippen LogP contribution in [0.3, 0.4) is 0 Å². The fraction of sp³-hybridized carbons (Fsp3) is 0.120. The minimum absolute atomic E-state index is 0.132. The summed E-state index contributed by atoms with van der Waals surface area (Å²) < 4.78 is 11.8. The van der Waals surface area contributed by atoms with Crippen LogP contribution in [-0.2, 0) is 11.4 Å². The van der Waals surface area contributed by atoms with Gasteiger partial charge in [0.2, 0.25) is 0 Å². The van der Waals surface area contributed by atoms with Crippen LogP contribution in [0.1, 0.15) is 18.1 Å². The SMILES string of the molecule is CCOc1ccc(N2C(=O)/C(=C\c3ccc(OCc4ccc(Cl)cc4)cc3)SC2=S)cc1. The Morgan fingerprint density at radius 3 is 2.22 bits per heavy atom. The van der Waals surface area contributed by atoms with E-state index in [1.54, 1.807) is 4.90 Å². The second-order valence-corrected chi connectivity index (χ2v) is 9.04. The molecule has 0 aromatic heterocycles. The van der Waals surface area contributed by atoms with Crippen LogP contribution in [0.2, 0.25) is 5.02 Å². The number of carbonyl (C=O) groups is 1. The third kappa shape index (κ3) is 5.33. The van der Waals surface area contributed by atoms with Crippen LogP contribution >= 0.6 is 35.6 Å². The summed E-state index contributed by atoms with van der Waals surface area (Å²) in [4.78, 5) is 15.1. The number of ether oxygens (including phenoxy) is 2. The lowest BCUT2D eigenvalue weighted by molar-refractivity contribution is -0.113. The number of hydrogen-bond acceptors (Lipinski definition) is 5. The van der Waals surface area contributed by atoms with Crippen molar-refractivity contribution in [1.82, 2.24) is 0 Å². The van der Waals surface area contributed by atoms with E-state index in [9.17, 15) is 4.79 Å². The summed E-state index contributed by atoms with van der Waals surface area (Å²) in [5.41, 5.74) is 2.66. The van der Waals surface area contributed by atoms with Gasteiger partial charge in [-0.1, -0.05) is 59.8 Å². The van der Waals surface area contributed by atoms with E-state index in [4.69, 9.17) is 33.3 Å². The van der Waals surface area contributed by atoms with Gasteiger partial charge in [0, 0.05) is 5.02 Å². The maximum absolute atomic E-state index is 13.0. The molecule has 4 nitrogen and oxygen atoms in total. The third-order valence-electron chi connectivity index (χ3n) is 4.70. The van der Waals surface area contributed by atoms with Crippen molar-refractivity contribution in [2.45, 2.75) is 13.5 Å². The van der Waals surface area contributed by atoms with Gasteiger partial charge in [-0.15, -0.1) is 0 Å². The average molecular weight is 482 g/mol. The highest BCUT2D eigenvalue weighted by atomic mass is 35.5. The number of nitrogens with zero attached hydrogens (tertiary/aromatic N) is 1. The van der Waals surface area contributed by atoms with Crippen molar-refractivity contribution in [3.05, 3.63) is 93.9 Å². The molecule has 0 bridgehead atoms. The molecule has 0 unspecified atom stereocenters. The second kappa shape index (κ2) is 10.2. The van der Waals surface area contributed by atoms with Crippen LogP contribution in [0.15, 0.2) is 77.7 Å². The van der Waals surface area contributed by atoms with Crippen molar-refractivity contribution in [2.24, 2.45) is 0 Å². The van der Waals surface area contributed by atoms with Crippen LogP contribution in [0.5, 0.6) is 11.5 Å². The van der Waals surface area contributed by atoms with Gasteiger partial charge in [0.25, 0.3) is 5.91 Å². The summed E-state index contributed by atoms with van der Waals surface area (Å²) in [5, 5.41) is 0.700. The first-order valence-electron chi connectivity index (χ1n) is 10.0. The number of halogens is 1. The Labute approximate surface area is 201 Å². The zero-order valence-electron chi connectivity index (χ0n) is 17.3. The van der Waals surface area contributed by atoms with Crippen molar-refractivity contribution in [3.63, 3.8) is 0 Å². The summed E-state index contributed by atoms with van der Waals surface area (Å²) in [6.07, 6.45) is 1.84. The topological polar surface area (TPSA) is 38.8 Å². The Bertz CT molecular complexity index is 1140. The summed E-state index contributed by atoms with van der Waals surface area (Å²) in [6, 6.07) is 22.5. The van der Waals surface area contributed by atoms with Gasteiger partial charge in [-0.25, -0.2) is 0 Å². The molecule has 1 amide bonds. The lowest BCUT2D eigenvalue weighted by Gasteiger charge is -2.15. The number of benzene rings is 3. The Kier molecular flexibility index (Phi) is 7.15. The van der Waals surface area contributed by atoms with Gasteiger partial charge in [0.1, 0.15) is 18.1 Å². The minimum atomic E-state index is -0.132. The Morgan fingerprint density at radius 2 is 1.56 bits per heavy atom. The fourth-order valence-electron chi connectivity index (χ4n) is 3.11. The van der Waals surface area contributed by atoms with Crippen LogP contribution in [0.25, 0.3) is 6.08 Å². The van der Waals surface area contributed by atoms with Crippen molar-refractivity contribution in [3.8, 4) is 11.5 Å². The number of thiocarbonyl (C=S) groups is 1. The van der Waals surface area contributed by atoms with Crippen molar-refractivity contribution in [2.75, 3.05) is 11.5 Å². The molecule has 1 aliphatic heterocycles. The molecule has 1 heterocycles. The summed E-state index contributed by atoms with van der Waals surface area (Å²) in [5.74, 6) is 1.38. The smallest absolute Gasteiger partial charge is 0.270 e. The van der Waals surface area contributed by atoms with Gasteiger partial charge < -0.3 is 9.47 Å². The van der Waals surface area contributed by atoms with E-state index in [0.29, 0.717) is 27.5 Å². The van der Waals surface area contributed by atoms with Gasteiger partial charge in [-0.05, 0) is 72.7 Å². The number of hydrogen-bond donors (Lipinski definition) is 0. The monoisotopic (exact) mass is 481 g/mol. The quantitative estimate of drug-likeness (QED) is 0.276. The van der Waals surface area contributed by atoms with Gasteiger partial charge in [0.05, 0.1) is 17.2 Å². The molecule has 1 fully saturated rings. The van der Waals surface area contributed by atoms with E-state index in [2.05, 4.69) is 0 Å². The Morgan fingerprint density at radius 1 is 0.938 bits per heavy atom. The van der Waals surface area contributed by atoms with E-state index in [-0.39, 0.29) is 5.91 Å². The summed E-state index contributed by atoms with van der Waals surface area (Å²) >= 11 is 12.7. The molecule has 7 heteroatoms. The molecular weight excluding hydrogens is 462 g/mol. The van der Waals surface area contributed by atoms with Crippen molar-refractivity contribution >= 4 is 57.6 Å². The fourth-order valence-corrected chi connectivity index (χ4v) is 4.53. The number of anilines is 1. The molecule has 3 aromatic carbocycles. The molecule has 3 aromatic rings. The molecule has 0 aliphatic carbocycles. The van der Waals surface area contributed by atoms with E-state index >= 15 is 0 Å². The van der Waals surface area contributed by atoms with Gasteiger partial charge in [-0.2, -0.15) is 0 Å². The maximum Gasteiger partial charge on any atom is 0.270 e. The van der Waals surface area contributed by atoms with Gasteiger partial charge >= 0.3 is 0 Å². The minimum Gasteiger partial charge on any atom is -0.494 e. The first kappa shape index (κ1) is 22.4. The Hall–Kier alpha value is -2.80. The lowest BCUT2D eigenvalue weighted by atomic mass is 10.2. The van der Waals surface area contributed by atoms with Crippen LogP contribution in [-0.4, -0.2) is 16.8 Å². The summed E-state index contributed by atoms with van der Waals surface area (Å²) in [7, 11) is 0. The van der Waals surface area contributed by atoms with E-state index < -0.39 is 0 Å². The van der Waals surface area contributed by atoms with E-state index in [1.165, 1.54) is 11.8 Å². The molecular formula is C25H20ClNO3S2. The first-order valence-corrected chi connectivity index (χ1v) is 11.6. The predicted octanol–water partition coefficient (Wildman–Crippen LogP) is 6.72. The van der Waals surface area contributed by atoms with Gasteiger partial charge in [0.15, 0.2) is 4.32 Å². The maximum atomic E-state index is 13.0. The highest BCUT2D eigenvalue weighted by Crippen LogP contribution is 2.36. The normalized spacial score (nSPS) is 14.8. The lowest BCUT2D eigenvalue weighted by Crippen LogP contribution is -2.27. The first-order chi connectivity index (χ1) is 15.5. The predicted molar refractivity (Wildman–Crippen MR) is 135 cm³/mol. The number of amides is 1. The molecule has 4 rings (SSSR count). The largest absolute Gasteiger partial charge is 0.494 e. The number of carbonyl (C=O) groups excluding carboxylic acids is 1.